The Morgan fingerprint density at radius 1 is 1.13 bits per heavy atom. The minimum Gasteiger partial charge on any atom is -0.367 e. The van der Waals surface area contributed by atoms with Crippen LogP contribution in [0.1, 0.15) is 32.1 Å². The maximum absolute atomic E-state index is 6.20. The molecule has 5 heteroatoms. The Labute approximate surface area is 140 Å². The SMILES string of the molecule is Clc1ccc2nc(-c3cccnc3)c(NC3CCCCC3)n2c1. The Morgan fingerprint density at radius 2 is 2.00 bits per heavy atom. The van der Waals surface area contributed by atoms with Crippen LogP contribution in [0.15, 0.2) is 42.9 Å². The molecular weight excluding hydrogens is 308 g/mol. The number of pyridine rings is 2. The molecule has 0 amide bonds. The van der Waals surface area contributed by atoms with E-state index >= 15 is 0 Å². The summed E-state index contributed by atoms with van der Waals surface area (Å²) in [5.41, 5.74) is 2.85. The quantitative estimate of drug-likeness (QED) is 0.752. The first kappa shape index (κ1) is 14.5. The highest BCUT2D eigenvalue weighted by molar-refractivity contribution is 6.30. The fraction of sp³-hybridized carbons (Fsp3) is 0.333. The lowest BCUT2D eigenvalue weighted by molar-refractivity contribution is 0.462. The second-order valence-corrected chi connectivity index (χ2v) is 6.54. The minimum absolute atomic E-state index is 0.498. The van der Waals surface area contributed by atoms with E-state index in [1.807, 2.05) is 36.7 Å². The van der Waals surface area contributed by atoms with Gasteiger partial charge in [0.15, 0.2) is 0 Å². The number of aromatic nitrogens is 3. The van der Waals surface area contributed by atoms with Crippen molar-refractivity contribution < 1.29 is 0 Å². The van der Waals surface area contributed by atoms with E-state index in [0.717, 1.165) is 22.7 Å². The van der Waals surface area contributed by atoms with Gasteiger partial charge in [0.2, 0.25) is 0 Å². The second kappa shape index (κ2) is 6.20. The summed E-state index contributed by atoms with van der Waals surface area (Å²) in [5, 5.41) is 4.42. The normalized spacial score (nSPS) is 15.9. The predicted molar refractivity (Wildman–Crippen MR) is 93.9 cm³/mol. The molecular formula is C18H19ClN4. The molecule has 0 atom stereocenters. The van der Waals surface area contributed by atoms with Crippen LogP contribution in [0.2, 0.25) is 5.02 Å². The Morgan fingerprint density at radius 3 is 2.78 bits per heavy atom. The lowest BCUT2D eigenvalue weighted by Crippen LogP contribution is -2.23. The fourth-order valence-corrected chi connectivity index (χ4v) is 3.46. The van der Waals surface area contributed by atoms with Gasteiger partial charge < -0.3 is 5.32 Å². The second-order valence-electron chi connectivity index (χ2n) is 6.11. The molecule has 0 bridgehead atoms. The zero-order chi connectivity index (χ0) is 15.6. The van der Waals surface area contributed by atoms with Crippen molar-refractivity contribution in [1.82, 2.24) is 14.4 Å². The number of fused-ring (bicyclic) bond motifs is 1. The van der Waals surface area contributed by atoms with Crippen LogP contribution in [-0.2, 0) is 0 Å². The van der Waals surface area contributed by atoms with Gasteiger partial charge in [0.25, 0.3) is 0 Å². The van der Waals surface area contributed by atoms with E-state index in [0.29, 0.717) is 11.1 Å². The topological polar surface area (TPSA) is 42.2 Å². The molecule has 0 saturated heterocycles. The third kappa shape index (κ3) is 2.91. The highest BCUT2D eigenvalue weighted by Gasteiger charge is 2.19. The van der Waals surface area contributed by atoms with Crippen LogP contribution in [0, 0.1) is 0 Å². The van der Waals surface area contributed by atoms with Gasteiger partial charge >= 0.3 is 0 Å². The molecule has 3 aromatic heterocycles. The molecule has 1 fully saturated rings. The van der Waals surface area contributed by atoms with Gasteiger partial charge in [-0.25, -0.2) is 4.98 Å². The fourth-order valence-electron chi connectivity index (χ4n) is 3.30. The Kier molecular flexibility index (Phi) is 3.92. The average molecular weight is 327 g/mol. The first-order valence-corrected chi connectivity index (χ1v) is 8.53. The third-order valence-corrected chi connectivity index (χ3v) is 4.69. The summed E-state index contributed by atoms with van der Waals surface area (Å²) in [6.07, 6.45) is 11.9. The molecule has 1 N–H and O–H groups in total. The zero-order valence-electron chi connectivity index (χ0n) is 12.9. The van der Waals surface area contributed by atoms with E-state index in [1.165, 1.54) is 32.1 Å². The first-order valence-electron chi connectivity index (χ1n) is 8.16. The monoisotopic (exact) mass is 326 g/mol. The molecule has 3 aromatic rings. The number of hydrogen-bond donors (Lipinski definition) is 1. The van der Waals surface area contributed by atoms with Gasteiger partial charge in [-0.15, -0.1) is 0 Å². The van der Waals surface area contributed by atoms with E-state index in [9.17, 15) is 0 Å². The number of rotatable bonds is 3. The van der Waals surface area contributed by atoms with Crippen LogP contribution >= 0.6 is 11.6 Å². The molecule has 0 aromatic carbocycles. The van der Waals surface area contributed by atoms with Crippen molar-refractivity contribution in [2.24, 2.45) is 0 Å². The Bertz CT molecular complexity index is 807. The van der Waals surface area contributed by atoms with E-state index < -0.39 is 0 Å². The van der Waals surface area contributed by atoms with Crippen molar-refractivity contribution in [3.63, 3.8) is 0 Å². The summed E-state index contributed by atoms with van der Waals surface area (Å²) in [4.78, 5) is 9.02. The molecule has 118 valence electrons. The molecule has 1 aliphatic rings. The van der Waals surface area contributed by atoms with Crippen LogP contribution < -0.4 is 5.32 Å². The molecule has 0 unspecified atom stereocenters. The predicted octanol–water partition coefficient (Wildman–Crippen LogP) is 4.79. The lowest BCUT2D eigenvalue weighted by atomic mass is 9.95. The molecule has 23 heavy (non-hydrogen) atoms. The number of nitrogens with zero attached hydrogens (tertiary/aromatic N) is 3. The summed E-state index contributed by atoms with van der Waals surface area (Å²) >= 11 is 6.20. The van der Waals surface area contributed by atoms with E-state index in [2.05, 4.69) is 14.7 Å². The Hall–Kier alpha value is -2.07. The molecule has 3 heterocycles. The summed E-state index contributed by atoms with van der Waals surface area (Å²) in [6, 6.07) is 8.31. The molecule has 4 nitrogen and oxygen atoms in total. The van der Waals surface area contributed by atoms with Crippen LogP contribution in [0.4, 0.5) is 5.82 Å². The highest BCUT2D eigenvalue weighted by atomic mass is 35.5. The maximum Gasteiger partial charge on any atom is 0.139 e. The number of halogens is 1. The van der Waals surface area contributed by atoms with Crippen molar-refractivity contribution in [2.75, 3.05) is 5.32 Å². The zero-order valence-corrected chi connectivity index (χ0v) is 13.6. The maximum atomic E-state index is 6.20. The molecule has 1 aliphatic carbocycles. The summed E-state index contributed by atoms with van der Waals surface area (Å²) in [7, 11) is 0. The number of nitrogens with one attached hydrogen (secondary N) is 1. The largest absolute Gasteiger partial charge is 0.367 e. The van der Waals surface area contributed by atoms with E-state index in [4.69, 9.17) is 16.6 Å². The molecule has 1 saturated carbocycles. The number of anilines is 1. The van der Waals surface area contributed by atoms with Crippen LogP contribution in [-0.4, -0.2) is 20.4 Å². The van der Waals surface area contributed by atoms with Crippen molar-refractivity contribution >= 4 is 23.1 Å². The highest BCUT2D eigenvalue weighted by Crippen LogP contribution is 2.31. The van der Waals surface area contributed by atoms with E-state index in [-0.39, 0.29) is 0 Å². The minimum atomic E-state index is 0.498. The van der Waals surface area contributed by atoms with Gasteiger partial charge in [-0.3, -0.25) is 9.38 Å². The van der Waals surface area contributed by atoms with Crippen LogP contribution in [0.25, 0.3) is 16.9 Å². The average Bonchev–Trinajstić information content (AvgIpc) is 2.95. The third-order valence-electron chi connectivity index (χ3n) is 4.46. The Balaban J connectivity index is 1.82. The molecule has 0 radical (unpaired) electrons. The summed E-state index contributed by atoms with van der Waals surface area (Å²) in [5.74, 6) is 1.02. The van der Waals surface area contributed by atoms with Gasteiger partial charge in [-0.05, 0) is 37.1 Å². The summed E-state index contributed by atoms with van der Waals surface area (Å²) < 4.78 is 2.05. The smallest absolute Gasteiger partial charge is 0.139 e. The lowest BCUT2D eigenvalue weighted by Gasteiger charge is -2.24. The van der Waals surface area contributed by atoms with Gasteiger partial charge in [-0.1, -0.05) is 30.9 Å². The van der Waals surface area contributed by atoms with Gasteiger partial charge in [0.1, 0.15) is 17.2 Å². The van der Waals surface area contributed by atoms with Gasteiger partial charge in [0.05, 0.1) is 5.02 Å². The van der Waals surface area contributed by atoms with Crippen LogP contribution in [0.5, 0.6) is 0 Å². The van der Waals surface area contributed by atoms with Gasteiger partial charge in [-0.2, -0.15) is 0 Å². The molecule has 0 spiro atoms. The summed E-state index contributed by atoms with van der Waals surface area (Å²) in [6.45, 7) is 0. The van der Waals surface area contributed by atoms with Crippen molar-refractivity contribution in [3.05, 3.63) is 47.9 Å². The van der Waals surface area contributed by atoms with E-state index in [1.54, 1.807) is 6.20 Å². The number of imidazole rings is 1. The number of hydrogen-bond acceptors (Lipinski definition) is 3. The van der Waals surface area contributed by atoms with Crippen molar-refractivity contribution in [2.45, 2.75) is 38.1 Å². The molecule has 0 aliphatic heterocycles. The first-order chi connectivity index (χ1) is 11.3. The van der Waals surface area contributed by atoms with Crippen molar-refractivity contribution in [1.29, 1.82) is 0 Å². The van der Waals surface area contributed by atoms with Crippen LogP contribution in [0.3, 0.4) is 0 Å². The standard InChI is InChI=1S/C18H19ClN4/c19-14-8-9-16-22-17(13-5-4-10-20-11-13)18(23(16)12-14)21-15-6-2-1-3-7-15/h4-5,8-12,15,21H,1-3,6-7H2. The molecule has 4 rings (SSSR count). The van der Waals surface area contributed by atoms with Gasteiger partial charge in [0, 0.05) is 30.2 Å². The van der Waals surface area contributed by atoms with Crippen molar-refractivity contribution in [3.8, 4) is 11.3 Å².